The first-order valence-electron chi connectivity index (χ1n) is 9.65. The van der Waals surface area contributed by atoms with Crippen LogP contribution in [-0.2, 0) is 33.7 Å². The third kappa shape index (κ3) is 3.84. The summed E-state index contributed by atoms with van der Waals surface area (Å²) in [5.74, 6) is -0.384. The van der Waals surface area contributed by atoms with Gasteiger partial charge in [-0.3, -0.25) is 9.59 Å². The van der Waals surface area contributed by atoms with Gasteiger partial charge in [-0.1, -0.05) is 23.7 Å². The highest BCUT2D eigenvalue weighted by molar-refractivity contribution is 14.1. The summed E-state index contributed by atoms with van der Waals surface area (Å²) in [4.78, 5) is 25.7. The van der Waals surface area contributed by atoms with Gasteiger partial charge in [-0.2, -0.15) is 9.78 Å². The molecule has 0 aliphatic heterocycles. The lowest BCUT2D eigenvalue weighted by Gasteiger charge is -2.21. The Morgan fingerprint density at radius 3 is 2.69 bits per heavy atom. The van der Waals surface area contributed by atoms with Crippen molar-refractivity contribution in [1.29, 1.82) is 0 Å². The molecule has 1 saturated carbocycles. The van der Waals surface area contributed by atoms with Crippen LogP contribution in [0.3, 0.4) is 0 Å². The number of fused-ring (bicyclic) bond motifs is 1. The van der Waals surface area contributed by atoms with Gasteiger partial charge in [0.2, 0.25) is 0 Å². The summed E-state index contributed by atoms with van der Waals surface area (Å²) in [7, 11) is 3.00. The molecule has 2 aliphatic carbocycles. The smallest absolute Gasteiger partial charge is 0.309 e. The van der Waals surface area contributed by atoms with Crippen LogP contribution in [0.25, 0.3) is 0 Å². The van der Waals surface area contributed by atoms with Gasteiger partial charge in [-0.25, -0.2) is 0 Å². The Morgan fingerprint density at radius 2 is 2.03 bits per heavy atom. The highest BCUT2D eigenvalue weighted by Crippen LogP contribution is 2.44. The molecule has 0 radical (unpaired) electrons. The molecule has 1 aromatic heterocycles. The minimum absolute atomic E-state index is 0.237. The van der Waals surface area contributed by atoms with Gasteiger partial charge >= 0.3 is 5.97 Å². The number of carbonyl (C=O) groups is 2. The molecule has 2 aliphatic rings. The fourth-order valence-electron chi connectivity index (χ4n) is 4.06. The number of methoxy groups -OCH3 is 2. The van der Waals surface area contributed by atoms with Crippen molar-refractivity contribution in [2.75, 3.05) is 14.2 Å². The highest BCUT2D eigenvalue weighted by Gasteiger charge is 2.35. The van der Waals surface area contributed by atoms with E-state index in [0.29, 0.717) is 42.4 Å². The predicted molar refractivity (Wildman–Crippen MR) is 116 cm³/mol. The van der Waals surface area contributed by atoms with Gasteiger partial charge in [0.25, 0.3) is 5.91 Å². The maximum atomic E-state index is 13.7. The Labute approximate surface area is 188 Å². The van der Waals surface area contributed by atoms with E-state index in [2.05, 4.69) is 27.7 Å². The molecular weight excluding hydrogens is 507 g/mol. The highest BCUT2D eigenvalue weighted by atomic mass is 127. The monoisotopic (exact) mass is 528 g/mol. The molecular formula is C21H22ClIN2O4. The van der Waals surface area contributed by atoms with Gasteiger partial charge in [0.05, 0.1) is 35.9 Å². The lowest BCUT2D eigenvalue weighted by Crippen LogP contribution is -2.27. The maximum absolute atomic E-state index is 13.7. The fourth-order valence-corrected chi connectivity index (χ4v) is 5.17. The molecule has 2 aromatic rings. The van der Waals surface area contributed by atoms with E-state index in [1.807, 2.05) is 12.1 Å². The topological polar surface area (TPSA) is 70.4 Å². The van der Waals surface area contributed by atoms with Crippen LogP contribution >= 0.6 is 34.2 Å². The number of rotatable bonds is 5. The molecule has 1 unspecified atom stereocenters. The molecule has 29 heavy (non-hydrogen) atoms. The number of hydrogen-bond acceptors (Lipinski definition) is 5. The predicted octanol–water partition coefficient (Wildman–Crippen LogP) is 4.13. The van der Waals surface area contributed by atoms with E-state index in [1.165, 1.54) is 11.8 Å². The van der Waals surface area contributed by atoms with Crippen LogP contribution in [0.4, 0.5) is 0 Å². The maximum Gasteiger partial charge on any atom is 0.309 e. The molecule has 0 amide bonds. The van der Waals surface area contributed by atoms with Crippen molar-refractivity contribution in [3.8, 4) is 0 Å². The van der Waals surface area contributed by atoms with Crippen LogP contribution < -0.4 is 0 Å². The summed E-state index contributed by atoms with van der Waals surface area (Å²) in [5, 5.41) is 4.97. The zero-order valence-corrected chi connectivity index (χ0v) is 19.2. The molecule has 1 aromatic carbocycles. The number of esters is 1. The first-order valence-corrected chi connectivity index (χ1v) is 11.1. The average Bonchev–Trinajstić information content (AvgIpc) is 3.52. The molecule has 1 atom stereocenters. The first kappa shape index (κ1) is 20.8. The zero-order chi connectivity index (χ0) is 20.7. The second-order valence-corrected chi connectivity index (χ2v) is 9.01. The van der Waals surface area contributed by atoms with Gasteiger partial charge in [0.15, 0.2) is 0 Å². The Bertz CT molecular complexity index is 984. The van der Waals surface area contributed by atoms with Crippen molar-refractivity contribution in [1.82, 2.24) is 9.78 Å². The number of aromatic nitrogens is 2. The van der Waals surface area contributed by atoms with E-state index >= 15 is 0 Å². The van der Waals surface area contributed by atoms with Crippen LogP contribution in [0.2, 0.25) is 5.02 Å². The van der Waals surface area contributed by atoms with E-state index < -0.39 is 0 Å². The Hall–Kier alpha value is -1.45. The molecule has 1 heterocycles. The molecule has 1 fully saturated rings. The van der Waals surface area contributed by atoms with Crippen LogP contribution in [-0.4, -0.2) is 35.9 Å². The molecule has 0 spiro atoms. The van der Waals surface area contributed by atoms with Crippen molar-refractivity contribution in [2.45, 2.75) is 44.6 Å². The third-order valence-electron chi connectivity index (χ3n) is 5.74. The van der Waals surface area contributed by atoms with Crippen molar-refractivity contribution >= 4 is 46.1 Å². The van der Waals surface area contributed by atoms with Gasteiger partial charge in [-0.15, -0.1) is 0 Å². The summed E-state index contributed by atoms with van der Waals surface area (Å²) in [6.07, 6.45) is 3.96. The van der Waals surface area contributed by atoms with Crippen LogP contribution in [0, 0.1) is 9.62 Å². The van der Waals surface area contributed by atoms with Gasteiger partial charge < -0.3 is 9.47 Å². The largest absolute Gasteiger partial charge is 0.469 e. The summed E-state index contributed by atoms with van der Waals surface area (Å²) in [6, 6.07) is 3.93. The summed E-state index contributed by atoms with van der Waals surface area (Å²) < 4.78 is 12.4. The Kier molecular flexibility index (Phi) is 5.99. The van der Waals surface area contributed by atoms with Gasteiger partial charge in [0.1, 0.15) is 3.70 Å². The van der Waals surface area contributed by atoms with Crippen LogP contribution in [0.1, 0.15) is 57.9 Å². The van der Waals surface area contributed by atoms with Crippen LogP contribution in [0.5, 0.6) is 0 Å². The van der Waals surface area contributed by atoms with Crippen molar-refractivity contribution in [3.63, 3.8) is 0 Å². The second-order valence-electron chi connectivity index (χ2n) is 7.61. The molecule has 6 nitrogen and oxygen atoms in total. The summed E-state index contributed by atoms with van der Waals surface area (Å²) in [6.45, 7) is 0.337. The summed E-state index contributed by atoms with van der Waals surface area (Å²) >= 11 is 8.84. The van der Waals surface area contributed by atoms with Gasteiger partial charge in [-0.05, 0) is 65.3 Å². The van der Waals surface area contributed by atoms with E-state index in [-0.39, 0.29) is 17.8 Å². The van der Waals surface area contributed by atoms with E-state index in [9.17, 15) is 9.59 Å². The third-order valence-corrected chi connectivity index (χ3v) is 7.03. The molecule has 0 saturated heterocycles. The SMILES string of the molecule is COCc1ccc(C2CC2)c(C(=O)n2nc(I)c3c2CC(C(=O)OC)CC3)c1Cl. The van der Waals surface area contributed by atoms with Crippen molar-refractivity contribution in [3.05, 3.63) is 48.8 Å². The standard InChI is InChI=1S/C21H22ClIN2O4/c1-28-10-13-6-7-14(11-3-4-11)17(18(13)22)20(26)25-16-9-12(21(27)29-2)5-8-15(16)19(23)24-25/h6-7,11-12H,3-5,8-10H2,1-2H3. The lowest BCUT2D eigenvalue weighted by atomic mass is 9.88. The second kappa shape index (κ2) is 8.35. The van der Waals surface area contributed by atoms with Crippen molar-refractivity contribution < 1.29 is 19.1 Å². The number of hydrogen-bond donors (Lipinski definition) is 0. The van der Waals surface area contributed by atoms with E-state index in [4.69, 9.17) is 21.1 Å². The molecule has 4 rings (SSSR count). The molecule has 0 N–H and O–H groups in total. The number of carbonyl (C=O) groups excluding carboxylic acids is 2. The molecule has 154 valence electrons. The molecule has 0 bridgehead atoms. The Balaban J connectivity index is 1.79. The first-order chi connectivity index (χ1) is 14.0. The quantitative estimate of drug-likeness (QED) is 0.431. The number of ether oxygens (including phenoxy) is 2. The van der Waals surface area contributed by atoms with E-state index in [1.54, 1.807) is 7.11 Å². The average molecular weight is 529 g/mol. The number of benzene rings is 1. The Morgan fingerprint density at radius 1 is 1.28 bits per heavy atom. The zero-order valence-electron chi connectivity index (χ0n) is 16.3. The van der Waals surface area contributed by atoms with Gasteiger partial charge in [0, 0.05) is 19.1 Å². The number of nitrogens with zero attached hydrogens (tertiary/aromatic N) is 2. The lowest BCUT2D eigenvalue weighted by molar-refractivity contribution is -0.145. The number of halogens is 2. The van der Waals surface area contributed by atoms with E-state index in [0.717, 1.165) is 38.9 Å². The van der Waals surface area contributed by atoms with Crippen LogP contribution in [0.15, 0.2) is 12.1 Å². The normalized spacial score (nSPS) is 18.4. The summed E-state index contributed by atoms with van der Waals surface area (Å²) in [5.41, 5.74) is 4.09. The minimum Gasteiger partial charge on any atom is -0.469 e. The molecule has 8 heteroatoms. The fraction of sp³-hybridized carbons (Fsp3) is 0.476. The van der Waals surface area contributed by atoms with Crippen molar-refractivity contribution in [2.24, 2.45) is 5.92 Å². The minimum atomic E-state index is -0.259.